The molecule has 1 heterocycles. The number of thiazole rings is 1. The highest BCUT2D eigenvalue weighted by Gasteiger charge is 2.18. The Morgan fingerprint density at radius 2 is 1.76 bits per heavy atom. The summed E-state index contributed by atoms with van der Waals surface area (Å²) in [5.41, 5.74) is 0.786. The Labute approximate surface area is 226 Å². The van der Waals surface area contributed by atoms with Gasteiger partial charge in [0, 0.05) is 5.02 Å². The standard InChI is InChI=1S/C27H19Cl2N3O4S/c1-35-22-11-8-16(12-23(22)36-2)13-24-26(34)32(18-6-4-3-5-7-18)27(37-24)19(15-30)25(33)31-21-14-17(28)9-10-20(21)29/h3-14H,1-2H3,(H,31,33). The number of hydrogen-bond acceptors (Lipinski definition) is 6. The minimum Gasteiger partial charge on any atom is -0.493 e. The fraction of sp³-hybridized carbons (Fsp3) is 0.0741. The van der Waals surface area contributed by atoms with Crippen LogP contribution in [0.25, 0.3) is 17.3 Å². The minimum absolute atomic E-state index is 0.168. The van der Waals surface area contributed by atoms with Crippen LogP contribution >= 0.6 is 34.5 Å². The van der Waals surface area contributed by atoms with Crippen LogP contribution < -0.4 is 29.5 Å². The van der Waals surface area contributed by atoms with Crippen LogP contribution in [0.3, 0.4) is 0 Å². The molecule has 186 valence electrons. The number of nitrogens with one attached hydrogen (secondary N) is 1. The summed E-state index contributed by atoms with van der Waals surface area (Å²) in [5, 5.41) is 13.2. The molecule has 0 unspecified atom stereocenters. The second kappa shape index (κ2) is 11.4. The van der Waals surface area contributed by atoms with Crippen molar-refractivity contribution in [1.82, 2.24) is 4.57 Å². The highest BCUT2D eigenvalue weighted by molar-refractivity contribution is 7.07. The van der Waals surface area contributed by atoms with Gasteiger partial charge < -0.3 is 14.8 Å². The number of amides is 1. The lowest BCUT2D eigenvalue weighted by Crippen LogP contribution is -2.32. The molecule has 1 N–H and O–H groups in total. The van der Waals surface area contributed by atoms with Crippen LogP contribution in [0, 0.1) is 11.3 Å². The molecule has 1 amide bonds. The predicted molar refractivity (Wildman–Crippen MR) is 146 cm³/mol. The zero-order valence-corrected chi connectivity index (χ0v) is 21.9. The maximum Gasteiger partial charge on any atom is 0.273 e. The van der Waals surface area contributed by atoms with Gasteiger partial charge in [0.05, 0.1) is 35.1 Å². The number of nitriles is 1. The van der Waals surface area contributed by atoms with Crippen molar-refractivity contribution >= 4 is 57.8 Å². The first-order valence-corrected chi connectivity index (χ1v) is 12.4. The largest absolute Gasteiger partial charge is 0.493 e. The molecular formula is C27H19Cl2N3O4S. The average molecular weight is 552 g/mol. The maximum absolute atomic E-state index is 13.6. The van der Waals surface area contributed by atoms with Gasteiger partial charge >= 0.3 is 0 Å². The van der Waals surface area contributed by atoms with Crippen LogP contribution in [0.5, 0.6) is 11.5 Å². The van der Waals surface area contributed by atoms with Crippen molar-refractivity contribution < 1.29 is 14.3 Å². The molecule has 0 saturated carbocycles. The molecule has 37 heavy (non-hydrogen) atoms. The Bertz CT molecular complexity index is 1710. The Kier molecular flexibility index (Phi) is 7.99. The van der Waals surface area contributed by atoms with Gasteiger partial charge in [-0.2, -0.15) is 5.26 Å². The van der Waals surface area contributed by atoms with E-state index in [1.54, 1.807) is 60.7 Å². The van der Waals surface area contributed by atoms with E-state index in [0.717, 1.165) is 11.3 Å². The monoisotopic (exact) mass is 551 g/mol. The quantitative estimate of drug-likeness (QED) is 0.384. The van der Waals surface area contributed by atoms with Gasteiger partial charge in [0.15, 0.2) is 17.1 Å². The normalized spacial score (nSPS) is 12.0. The van der Waals surface area contributed by atoms with E-state index in [1.807, 2.05) is 6.07 Å². The number of ether oxygens (including phenoxy) is 2. The molecule has 0 radical (unpaired) electrons. The van der Waals surface area contributed by atoms with E-state index in [2.05, 4.69) is 5.32 Å². The molecule has 4 aromatic rings. The van der Waals surface area contributed by atoms with Crippen LogP contribution in [0.2, 0.25) is 10.0 Å². The summed E-state index contributed by atoms with van der Waals surface area (Å²) >= 11 is 13.2. The van der Waals surface area contributed by atoms with Crippen LogP contribution in [-0.2, 0) is 4.79 Å². The summed E-state index contributed by atoms with van der Waals surface area (Å²) in [6.45, 7) is 0. The van der Waals surface area contributed by atoms with Crippen LogP contribution in [0.15, 0.2) is 71.5 Å². The van der Waals surface area contributed by atoms with Crippen LogP contribution in [-0.4, -0.2) is 24.7 Å². The van der Waals surface area contributed by atoms with E-state index in [9.17, 15) is 14.9 Å². The number of benzene rings is 3. The Morgan fingerprint density at radius 1 is 1.03 bits per heavy atom. The lowest BCUT2D eigenvalue weighted by molar-refractivity contribution is -0.111. The van der Waals surface area contributed by atoms with E-state index >= 15 is 0 Å². The van der Waals surface area contributed by atoms with Crippen molar-refractivity contribution in [3.05, 3.63) is 102 Å². The zero-order valence-electron chi connectivity index (χ0n) is 19.6. The van der Waals surface area contributed by atoms with Gasteiger partial charge in [-0.05, 0) is 54.1 Å². The third-order valence-corrected chi connectivity index (χ3v) is 6.93. The number of halogens is 2. The van der Waals surface area contributed by atoms with Crippen molar-refractivity contribution in [3.8, 4) is 23.3 Å². The summed E-state index contributed by atoms with van der Waals surface area (Å²) in [4.78, 5) is 26.8. The number of methoxy groups -OCH3 is 2. The fourth-order valence-corrected chi connectivity index (χ4v) is 4.97. The van der Waals surface area contributed by atoms with Crippen molar-refractivity contribution in [3.63, 3.8) is 0 Å². The third kappa shape index (κ3) is 5.54. The lowest BCUT2D eigenvalue weighted by atomic mass is 10.2. The first kappa shape index (κ1) is 26.0. The SMILES string of the molecule is COc1ccc(C=c2sc(=C(C#N)C(=O)Nc3cc(Cl)ccc3Cl)n(-c3ccccc3)c2=O)cc1OC. The number of carbonyl (C=O) groups excluding carboxylic acids is 1. The molecule has 0 saturated heterocycles. The van der Waals surface area contributed by atoms with Crippen molar-refractivity contribution in [2.45, 2.75) is 0 Å². The number of rotatable bonds is 6. The lowest BCUT2D eigenvalue weighted by Gasteiger charge is -2.07. The smallest absolute Gasteiger partial charge is 0.273 e. The Morgan fingerprint density at radius 3 is 2.43 bits per heavy atom. The van der Waals surface area contributed by atoms with Crippen molar-refractivity contribution in [1.29, 1.82) is 5.26 Å². The molecule has 0 spiro atoms. The highest BCUT2D eigenvalue weighted by Crippen LogP contribution is 2.28. The molecule has 3 aromatic carbocycles. The zero-order chi connectivity index (χ0) is 26.5. The molecule has 0 aliphatic rings. The fourth-order valence-electron chi connectivity index (χ4n) is 3.53. The molecule has 7 nitrogen and oxygen atoms in total. The Balaban J connectivity index is 1.95. The second-order valence-electron chi connectivity index (χ2n) is 7.57. The van der Waals surface area contributed by atoms with Gasteiger partial charge in [-0.15, -0.1) is 11.3 Å². The van der Waals surface area contributed by atoms with E-state index in [-0.39, 0.29) is 26.5 Å². The van der Waals surface area contributed by atoms with Gasteiger partial charge in [0.1, 0.15) is 10.7 Å². The molecular weight excluding hydrogens is 533 g/mol. The molecule has 4 rings (SSSR count). The number of aromatic nitrogens is 1. The maximum atomic E-state index is 13.6. The molecule has 1 aromatic heterocycles. The second-order valence-corrected chi connectivity index (χ2v) is 9.45. The number of para-hydroxylation sites is 1. The van der Waals surface area contributed by atoms with E-state index < -0.39 is 5.91 Å². The van der Waals surface area contributed by atoms with Gasteiger partial charge in [-0.25, -0.2) is 0 Å². The van der Waals surface area contributed by atoms with Crippen LogP contribution in [0.4, 0.5) is 5.69 Å². The summed E-state index contributed by atoms with van der Waals surface area (Å²) < 4.78 is 12.5. The topological polar surface area (TPSA) is 93.4 Å². The third-order valence-electron chi connectivity index (χ3n) is 5.27. The molecule has 0 aliphatic carbocycles. The first-order valence-electron chi connectivity index (χ1n) is 10.8. The van der Waals surface area contributed by atoms with Crippen molar-refractivity contribution in [2.75, 3.05) is 19.5 Å². The van der Waals surface area contributed by atoms with E-state index in [1.165, 1.54) is 30.9 Å². The van der Waals surface area contributed by atoms with E-state index in [0.29, 0.717) is 32.3 Å². The summed E-state index contributed by atoms with van der Waals surface area (Å²) in [5.74, 6) is 0.318. The number of carbonyl (C=O) groups is 1. The van der Waals surface area contributed by atoms with Gasteiger partial charge in [0.25, 0.3) is 11.5 Å². The number of anilines is 1. The number of hydrogen-bond donors (Lipinski definition) is 1. The van der Waals surface area contributed by atoms with Gasteiger partial charge in [-0.3, -0.25) is 14.2 Å². The molecule has 0 atom stereocenters. The first-order chi connectivity index (χ1) is 17.9. The van der Waals surface area contributed by atoms with Gasteiger partial charge in [0.2, 0.25) is 0 Å². The highest BCUT2D eigenvalue weighted by atomic mass is 35.5. The van der Waals surface area contributed by atoms with Crippen molar-refractivity contribution in [2.24, 2.45) is 0 Å². The van der Waals surface area contributed by atoms with Crippen LogP contribution in [0.1, 0.15) is 5.56 Å². The summed E-state index contributed by atoms with van der Waals surface area (Å²) in [6.07, 6.45) is 1.67. The summed E-state index contributed by atoms with van der Waals surface area (Å²) in [7, 11) is 3.05. The average Bonchev–Trinajstić information content (AvgIpc) is 3.22. The Hall–Kier alpha value is -4.03. The molecule has 0 aliphatic heterocycles. The molecule has 0 bridgehead atoms. The summed E-state index contributed by atoms with van der Waals surface area (Å²) in [6, 6.07) is 20.5. The molecule has 0 fully saturated rings. The molecule has 10 heteroatoms. The van der Waals surface area contributed by atoms with E-state index in [4.69, 9.17) is 32.7 Å². The minimum atomic E-state index is -0.727. The number of nitrogens with zero attached hydrogens (tertiary/aromatic N) is 2. The predicted octanol–water partition coefficient (Wildman–Crippen LogP) is 4.36. The van der Waals surface area contributed by atoms with Gasteiger partial charge in [-0.1, -0.05) is 47.5 Å².